The maximum absolute atomic E-state index is 14.0. The van der Waals surface area contributed by atoms with E-state index >= 15 is 0 Å². The minimum Gasteiger partial charge on any atom is -0.394 e. The number of fused-ring (bicyclic) bond motifs is 5. The van der Waals surface area contributed by atoms with Crippen LogP contribution in [0.25, 0.3) is 0 Å². The number of allylic oxidation sites excluding steroid dienone is 2. The molecule has 31 atom stereocenters. The molecule has 78 heavy (non-hydrogen) atoms. The molecule has 4 saturated carbocycles. The van der Waals surface area contributed by atoms with Crippen molar-refractivity contribution in [2.24, 2.45) is 39.4 Å². The monoisotopic (exact) mass is 1120 g/mol. The highest BCUT2D eigenvalue weighted by Gasteiger charge is 2.77. The van der Waals surface area contributed by atoms with Crippen LogP contribution >= 0.6 is 0 Å². The van der Waals surface area contributed by atoms with Crippen molar-refractivity contribution in [2.45, 2.75) is 266 Å². The van der Waals surface area contributed by atoms with Gasteiger partial charge in [0.25, 0.3) is 0 Å². The van der Waals surface area contributed by atoms with E-state index in [0.717, 1.165) is 5.57 Å². The van der Waals surface area contributed by atoms with Gasteiger partial charge in [-0.15, -0.1) is 0 Å². The summed E-state index contributed by atoms with van der Waals surface area (Å²) < 4.78 is 49.7. The van der Waals surface area contributed by atoms with Gasteiger partial charge in [-0.2, -0.15) is 0 Å². The van der Waals surface area contributed by atoms with E-state index in [9.17, 15) is 81.7 Å². The third-order valence-electron chi connectivity index (χ3n) is 20.9. The zero-order valence-electron chi connectivity index (χ0n) is 46.3. The average Bonchev–Trinajstić information content (AvgIpc) is 3.61. The van der Waals surface area contributed by atoms with E-state index in [2.05, 4.69) is 13.8 Å². The molecule has 24 nitrogen and oxygen atoms in total. The Morgan fingerprint density at radius 2 is 1.14 bits per heavy atom. The van der Waals surface area contributed by atoms with Crippen LogP contribution in [0.3, 0.4) is 0 Å². The Balaban J connectivity index is 1.18. The predicted molar refractivity (Wildman–Crippen MR) is 268 cm³/mol. The number of hydrogen-bond acceptors (Lipinski definition) is 24. The summed E-state index contributed by atoms with van der Waals surface area (Å²) in [5, 5.41) is 180. The second kappa shape index (κ2) is 23.0. The van der Waals surface area contributed by atoms with Gasteiger partial charge in [0, 0.05) is 5.92 Å². The van der Waals surface area contributed by atoms with Crippen LogP contribution < -0.4 is 0 Å². The molecule has 8 rings (SSSR count). The third kappa shape index (κ3) is 10.4. The van der Waals surface area contributed by atoms with Gasteiger partial charge in [0.1, 0.15) is 91.6 Å². The Morgan fingerprint density at radius 3 is 1.72 bits per heavy atom. The molecule has 0 bridgehead atoms. The fraction of sp³-hybridized carbons (Fsp3) is 0.963. The molecule has 8 aliphatic rings. The third-order valence-corrected chi connectivity index (χ3v) is 20.9. The second-order valence-corrected chi connectivity index (χ2v) is 26.0. The minimum absolute atomic E-state index is 0.0212. The molecule has 0 spiro atoms. The first kappa shape index (κ1) is 62.8. The van der Waals surface area contributed by atoms with Gasteiger partial charge >= 0.3 is 0 Å². The number of rotatable bonds is 15. The molecule has 0 aromatic carbocycles. The lowest BCUT2D eigenvalue weighted by molar-refractivity contribution is -0.394. The molecule has 4 saturated heterocycles. The number of aliphatic hydroxyl groups is 16. The van der Waals surface area contributed by atoms with E-state index in [1.165, 1.54) is 6.92 Å². The predicted octanol–water partition coefficient (Wildman–Crippen LogP) is -3.09. The maximum Gasteiger partial charge on any atom is 0.187 e. The normalized spacial score (nSPS) is 54.1. The van der Waals surface area contributed by atoms with E-state index in [1.54, 1.807) is 6.92 Å². The van der Waals surface area contributed by atoms with Crippen molar-refractivity contribution >= 4 is 0 Å². The molecule has 4 heterocycles. The molecule has 4 aliphatic carbocycles. The summed E-state index contributed by atoms with van der Waals surface area (Å²) >= 11 is 0. The molecule has 8 fully saturated rings. The van der Waals surface area contributed by atoms with Crippen LogP contribution in [0.15, 0.2) is 11.6 Å². The van der Waals surface area contributed by atoms with E-state index in [-0.39, 0.29) is 31.6 Å². The largest absolute Gasteiger partial charge is 0.394 e. The fourth-order valence-corrected chi connectivity index (χ4v) is 16.2. The summed E-state index contributed by atoms with van der Waals surface area (Å²) in [6.45, 7) is 14.9. The first-order valence-electron chi connectivity index (χ1n) is 27.9. The Kier molecular flexibility index (Phi) is 18.5. The first-order chi connectivity index (χ1) is 36.3. The summed E-state index contributed by atoms with van der Waals surface area (Å²) in [5.41, 5.74) is -6.10. The Morgan fingerprint density at radius 1 is 0.603 bits per heavy atom. The van der Waals surface area contributed by atoms with E-state index in [0.29, 0.717) is 25.7 Å². The lowest BCUT2D eigenvalue weighted by Gasteiger charge is -2.72. The minimum atomic E-state index is -2.01. The zero-order valence-corrected chi connectivity index (χ0v) is 46.3. The molecule has 452 valence electrons. The van der Waals surface area contributed by atoms with Crippen molar-refractivity contribution in [3.8, 4) is 0 Å². The summed E-state index contributed by atoms with van der Waals surface area (Å²) in [6.07, 6.45) is -32.3. The summed E-state index contributed by atoms with van der Waals surface area (Å²) in [7, 11) is 0. The van der Waals surface area contributed by atoms with Crippen molar-refractivity contribution < 1.29 is 120 Å². The smallest absolute Gasteiger partial charge is 0.187 e. The van der Waals surface area contributed by atoms with Crippen molar-refractivity contribution in [3.63, 3.8) is 0 Å². The van der Waals surface area contributed by atoms with E-state index in [4.69, 9.17) is 37.9 Å². The van der Waals surface area contributed by atoms with Crippen LogP contribution in [-0.4, -0.2) is 254 Å². The average molecular weight is 1130 g/mol. The van der Waals surface area contributed by atoms with Gasteiger partial charge in [0.2, 0.25) is 0 Å². The molecular weight excluding hydrogens is 1030 g/mol. The summed E-state index contributed by atoms with van der Waals surface area (Å²) in [6, 6.07) is 0. The SMILES string of the molecule is CC(C)=CCC[C@](C)(O[C@@H]1O[C@H](CO[C@@H]2O[C@@H](C)[C@H](O)[C@@H](O)[C@H]2O)[C@@H](O)[C@H](O)[C@H]1O[C@@H]1O[C@H](CO)[C@@H](O)[C@H](O)[C@H]1O)[C@@]1(O)CC[C@]2(C)[C@@H]1[C@H](O)C[C@@H]1[C@@]3(C)CC[C@H](O)C(C)(C)[C@@H]3[C@@H](O[C@@H]3O[C@H](CO)[C@@H](O)[C@H](O)[C@H]3O)C[C@]12C. The van der Waals surface area contributed by atoms with E-state index < -0.39 is 206 Å². The quantitative estimate of drug-likeness (QED) is 0.0571. The Labute approximate surface area is 455 Å². The summed E-state index contributed by atoms with van der Waals surface area (Å²) in [4.78, 5) is 0. The number of ether oxygens (including phenoxy) is 8. The van der Waals surface area contributed by atoms with Gasteiger partial charge in [0.15, 0.2) is 25.2 Å². The van der Waals surface area contributed by atoms with Crippen molar-refractivity contribution in [1.82, 2.24) is 0 Å². The fourth-order valence-electron chi connectivity index (χ4n) is 16.2. The second-order valence-electron chi connectivity index (χ2n) is 26.0. The lowest BCUT2D eigenvalue weighted by atomic mass is 9.34. The van der Waals surface area contributed by atoms with Gasteiger partial charge in [-0.1, -0.05) is 46.3 Å². The van der Waals surface area contributed by atoms with Crippen LogP contribution in [0.5, 0.6) is 0 Å². The van der Waals surface area contributed by atoms with Crippen LogP contribution in [0.1, 0.15) is 114 Å². The molecule has 16 N–H and O–H groups in total. The molecule has 24 heteroatoms. The topological polar surface area (TPSA) is 398 Å². The van der Waals surface area contributed by atoms with Gasteiger partial charge < -0.3 is 120 Å². The van der Waals surface area contributed by atoms with Crippen LogP contribution in [0, 0.1) is 39.4 Å². The van der Waals surface area contributed by atoms with Crippen molar-refractivity contribution in [3.05, 3.63) is 11.6 Å². The van der Waals surface area contributed by atoms with Crippen LogP contribution in [-0.2, 0) is 37.9 Å². The molecule has 0 amide bonds. The molecule has 0 aromatic rings. The van der Waals surface area contributed by atoms with Crippen LogP contribution in [0.4, 0.5) is 0 Å². The maximum atomic E-state index is 14.0. The van der Waals surface area contributed by atoms with Crippen molar-refractivity contribution in [1.29, 1.82) is 0 Å². The van der Waals surface area contributed by atoms with Crippen LogP contribution in [0.2, 0.25) is 0 Å². The highest BCUT2D eigenvalue weighted by atomic mass is 16.8. The standard InChI is InChI=1S/C54H92O24/c1-22(2)11-10-13-53(9,78-48-42(77-47-41(69)37(65)33(61)27(20-56)75-47)38(66)34(62)28(76-48)21-71-45-39(67)35(63)31(59)23(3)72-45)54(70)16-15-51(7)43(54)24(57)17-29-50(6)14-12-30(58)49(4,5)44(50)25(18-52(29,51)8)73-46-40(68)36(64)32(60)26(19-55)74-46/h11,23-48,55-70H,10,12-21H2,1-9H3/t23-,24+,25-,26+,27+,28+,29+,30-,31-,32+,33+,34+,35+,36-,37-,38-,39+,40+,41+,42+,43-,44-,45+,46+,47-,48-,50+,51+,52+,53-,54+/m0/s1. The first-order valence-corrected chi connectivity index (χ1v) is 27.9. The Hall–Kier alpha value is -1.22. The highest BCUT2D eigenvalue weighted by Crippen LogP contribution is 2.77. The van der Waals surface area contributed by atoms with Crippen molar-refractivity contribution in [2.75, 3.05) is 19.8 Å². The highest BCUT2D eigenvalue weighted by molar-refractivity contribution is 5.26. The lowest BCUT2D eigenvalue weighted by Crippen LogP contribution is -2.73. The van der Waals surface area contributed by atoms with E-state index in [1.807, 2.05) is 40.7 Å². The molecular formula is C54H92O24. The molecule has 0 unspecified atom stereocenters. The summed E-state index contributed by atoms with van der Waals surface area (Å²) in [5.74, 6) is -1.68. The molecule has 4 aliphatic heterocycles. The van der Waals surface area contributed by atoms with Gasteiger partial charge in [-0.05, 0) is 113 Å². The van der Waals surface area contributed by atoms with Gasteiger partial charge in [-0.3, -0.25) is 0 Å². The number of hydrogen-bond donors (Lipinski definition) is 16. The Bertz CT molecular complexity index is 2060. The molecule has 0 aromatic heterocycles. The molecule has 0 radical (unpaired) electrons. The van der Waals surface area contributed by atoms with Gasteiger partial charge in [-0.25, -0.2) is 0 Å². The zero-order chi connectivity index (χ0) is 57.7. The number of aliphatic hydroxyl groups excluding tert-OH is 15. The van der Waals surface area contributed by atoms with Gasteiger partial charge in [0.05, 0.1) is 55.4 Å².